The van der Waals surface area contributed by atoms with E-state index in [9.17, 15) is 4.79 Å². The number of nitrogens with zero attached hydrogens (tertiary/aromatic N) is 1. The van der Waals surface area contributed by atoms with Gasteiger partial charge in [0.2, 0.25) is 0 Å². The molecule has 0 radical (unpaired) electrons. The first kappa shape index (κ1) is 11.0. The molecule has 90 valence electrons. The van der Waals surface area contributed by atoms with E-state index in [-0.39, 0.29) is 5.91 Å². The Morgan fingerprint density at radius 2 is 2.33 bits per heavy atom. The zero-order valence-corrected chi connectivity index (χ0v) is 10.3. The highest BCUT2D eigenvalue weighted by atomic mass is 32.1. The highest BCUT2D eigenvalue weighted by Gasteiger charge is 2.07. The van der Waals surface area contributed by atoms with E-state index >= 15 is 0 Å². The molecule has 18 heavy (non-hydrogen) atoms. The van der Waals surface area contributed by atoms with E-state index in [1.54, 1.807) is 5.51 Å². The summed E-state index contributed by atoms with van der Waals surface area (Å²) in [6.45, 7) is 0.463. The summed E-state index contributed by atoms with van der Waals surface area (Å²) in [7, 11) is 0. The van der Waals surface area contributed by atoms with Crippen molar-refractivity contribution in [2.45, 2.75) is 6.54 Å². The number of nitrogens with one attached hydrogen (secondary N) is 2. The fourth-order valence-corrected chi connectivity index (χ4v) is 2.35. The number of hydrogen-bond acceptors (Lipinski definition) is 3. The predicted octanol–water partition coefficient (Wildman–Crippen LogP) is 2.55. The van der Waals surface area contributed by atoms with Gasteiger partial charge in [-0.1, -0.05) is 6.07 Å². The highest BCUT2D eigenvalue weighted by Crippen LogP contribution is 2.14. The van der Waals surface area contributed by atoms with E-state index in [4.69, 9.17) is 0 Å². The number of amides is 1. The molecule has 2 heterocycles. The Morgan fingerprint density at radius 3 is 3.17 bits per heavy atom. The lowest BCUT2D eigenvalue weighted by atomic mass is 10.1. The number of carbonyl (C=O) groups excluding carboxylic acids is 1. The quantitative estimate of drug-likeness (QED) is 0.757. The standard InChI is InChI=1S/C13H11N3OS/c17-13(15-6-11-7-18-8-16-11)10-2-1-9-3-4-14-12(9)5-10/h1-5,7-8,14H,6H2,(H,15,17). The second-order valence-electron chi connectivity index (χ2n) is 3.94. The summed E-state index contributed by atoms with van der Waals surface area (Å²) in [5.41, 5.74) is 4.26. The van der Waals surface area contributed by atoms with Gasteiger partial charge in [0.05, 0.1) is 17.7 Å². The van der Waals surface area contributed by atoms with Gasteiger partial charge in [0.1, 0.15) is 0 Å². The lowest BCUT2D eigenvalue weighted by Crippen LogP contribution is -2.22. The summed E-state index contributed by atoms with van der Waals surface area (Å²) in [5, 5.41) is 5.88. The van der Waals surface area contributed by atoms with Crippen LogP contribution in [0.2, 0.25) is 0 Å². The average Bonchev–Trinajstić information content (AvgIpc) is 3.05. The number of aromatic nitrogens is 2. The van der Waals surface area contributed by atoms with Gasteiger partial charge in [-0.2, -0.15) is 0 Å². The van der Waals surface area contributed by atoms with Crippen LogP contribution in [0.25, 0.3) is 10.9 Å². The van der Waals surface area contributed by atoms with E-state index in [0.717, 1.165) is 16.6 Å². The van der Waals surface area contributed by atoms with E-state index in [1.165, 1.54) is 11.3 Å². The first-order valence-electron chi connectivity index (χ1n) is 5.55. The molecule has 0 bridgehead atoms. The van der Waals surface area contributed by atoms with Crippen LogP contribution in [0, 0.1) is 0 Å². The average molecular weight is 257 g/mol. The molecular weight excluding hydrogens is 246 g/mol. The summed E-state index contributed by atoms with van der Waals surface area (Å²) in [6, 6.07) is 7.59. The van der Waals surface area contributed by atoms with Crippen LogP contribution in [0.15, 0.2) is 41.4 Å². The fraction of sp³-hybridized carbons (Fsp3) is 0.0769. The van der Waals surface area contributed by atoms with Gasteiger partial charge in [0.15, 0.2) is 0 Å². The van der Waals surface area contributed by atoms with Crippen molar-refractivity contribution in [3.63, 3.8) is 0 Å². The zero-order chi connectivity index (χ0) is 12.4. The monoisotopic (exact) mass is 257 g/mol. The van der Waals surface area contributed by atoms with Gasteiger partial charge in [-0.3, -0.25) is 4.79 Å². The normalized spacial score (nSPS) is 10.7. The maximum absolute atomic E-state index is 12.0. The van der Waals surface area contributed by atoms with E-state index in [2.05, 4.69) is 15.3 Å². The number of benzene rings is 1. The zero-order valence-electron chi connectivity index (χ0n) is 9.51. The lowest BCUT2D eigenvalue weighted by molar-refractivity contribution is 0.0950. The van der Waals surface area contributed by atoms with Crippen LogP contribution >= 0.6 is 11.3 Å². The molecule has 2 aromatic heterocycles. The molecule has 1 amide bonds. The Morgan fingerprint density at radius 1 is 1.39 bits per heavy atom. The number of rotatable bonds is 3. The Hall–Kier alpha value is -2.14. The van der Waals surface area contributed by atoms with E-state index < -0.39 is 0 Å². The number of fused-ring (bicyclic) bond motifs is 1. The van der Waals surface area contributed by atoms with Crippen molar-refractivity contribution in [2.24, 2.45) is 0 Å². The smallest absolute Gasteiger partial charge is 0.251 e. The highest BCUT2D eigenvalue weighted by molar-refractivity contribution is 7.07. The van der Waals surface area contributed by atoms with Crippen molar-refractivity contribution in [1.82, 2.24) is 15.3 Å². The minimum absolute atomic E-state index is 0.0838. The van der Waals surface area contributed by atoms with Crippen LogP contribution in [-0.2, 0) is 6.54 Å². The molecule has 0 aliphatic heterocycles. The Bertz CT molecular complexity index is 672. The molecule has 0 saturated carbocycles. The van der Waals surface area contributed by atoms with Gasteiger partial charge in [0, 0.05) is 22.7 Å². The largest absolute Gasteiger partial charge is 0.361 e. The summed E-state index contributed by atoms with van der Waals surface area (Å²) in [5.74, 6) is -0.0838. The number of thiazole rings is 1. The third-order valence-electron chi connectivity index (χ3n) is 2.73. The first-order valence-corrected chi connectivity index (χ1v) is 6.49. The number of carbonyl (C=O) groups is 1. The van der Waals surface area contributed by atoms with Crippen molar-refractivity contribution in [2.75, 3.05) is 0 Å². The van der Waals surface area contributed by atoms with E-state index in [1.807, 2.05) is 35.8 Å². The van der Waals surface area contributed by atoms with Gasteiger partial charge >= 0.3 is 0 Å². The molecule has 5 heteroatoms. The molecule has 0 spiro atoms. The molecule has 0 unspecified atom stereocenters. The first-order chi connectivity index (χ1) is 8.83. The lowest BCUT2D eigenvalue weighted by Gasteiger charge is -2.03. The summed E-state index contributed by atoms with van der Waals surface area (Å²) in [6.07, 6.45) is 1.86. The minimum Gasteiger partial charge on any atom is -0.361 e. The maximum atomic E-state index is 12.0. The molecule has 0 aliphatic carbocycles. The van der Waals surface area contributed by atoms with Crippen molar-refractivity contribution in [1.29, 1.82) is 0 Å². The summed E-state index contributed by atoms with van der Waals surface area (Å²) >= 11 is 1.52. The topological polar surface area (TPSA) is 57.8 Å². The van der Waals surface area contributed by atoms with Crippen molar-refractivity contribution >= 4 is 28.1 Å². The summed E-state index contributed by atoms with van der Waals surface area (Å²) < 4.78 is 0. The van der Waals surface area contributed by atoms with Crippen LogP contribution in [0.1, 0.15) is 16.1 Å². The van der Waals surface area contributed by atoms with Crippen molar-refractivity contribution in [3.8, 4) is 0 Å². The molecule has 0 aliphatic rings. The summed E-state index contributed by atoms with van der Waals surface area (Å²) in [4.78, 5) is 19.2. The number of aromatic amines is 1. The third kappa shape index (κ3) is 2.12. The van der Waals surface area contributed by atoms with Gasteiger partial charge < -0.3 is 10.3 Å². The maximum Gasteiger partial charge on any atom is 0.251 e. The van der Waals surface area contributed by atoms with E-state index in [0.29, 0.717) is 12.1 Å². The number of H-pyrrole nitrogens is 1. The van der Waals surface area contributed by atoms with Gasteiger partial charge in [-0.05, 0) is 23.6 Å². The van der Waals surface area contributed by atoms with Gasteiger partial charge in [0.25, 0.3) is 5.91 Å². The van der Waals surface area contributed by atoms with Crippen LogP contribution in [0.5, 0.6) is 0 Å². The van der Waals surface area contributed by atoms with Crippen molar-refractivity contribution < 1.29 is 4.79 Å². The van der Waals surface area contributed by atoms with Gasteiger partial charge in [-0.15, -0.1) is 11.3 Å². The Kier molecular flexibility index (Phi) is 2.82. The minimum atomic E-state index is -0.0838. The van der Waals surface area contributed by atoms with Crippen molar-refractivity contribution in [3.05, 3.63) is 52.6 Å². The molecular formula is C13H11N3OS. The Labute approximate surface area is 108 Å². The molecule has 0 saturated heterocycles. The van der Waals surface area contributed by atoms with Crippen LogP contribution in [0.4, 0.5) is 0 Å². The SMILES string of the molecule is O=C(NCc1cscn1)c1ccc2cc[nH]c2c1. The molecule has 2 N–H and O–H groups in total. The van der Waals surface area contributed by atoms with Crippen LogP contribution in [0.3, 0.4) is 0 Å². The molecule has 3 aromatic rings. The number of hydrogen-bond donors (Lipinski definition) is 2. The molecule has 0 atom stereocenters. The fourth-order valence-electron chi connectivity index (χ4n) is 1.79. The molecule has 1 aromatic carbocycles. The molecule has 4 nitrogen and oxygen atoms in total. The Balaban J connectivity index is 1.75. The second kappa shape index (κ2) is 4.62. The van der Waals surface area contributed by atoms with Crippen LogP contribution in [-0.4, -0.2) is 15.9 Å². The van der Waals surface area contributed by atoms with Crippen LogP contribution < -0.4 is 5.32 Å². The molecule has 3 rings (SSSR count). The predicted molar refractivity (Wildman–Crippen MR) is 71.6 cm³/mol. The second-order valence-corrected chi connectivity index (χ2v) is 4.66. The third-order valence-corrected chi connectivity index (χ3v) is 3.37. The van der Waals surface area contributed by atoms with Gasteiger partial charge in [-0.25, -0.2) is 4.98 Å². The molecule has 0 fully saturated rings.